The van der Waals surface area contributed by atoms with E-state index < -0.39 is 0 Å². The zero-order valence-corrected chi connectivity index (χ0v) is 11.9. The van der Waals surface area contributed by atoms with Crippen LogP contribution in [-0.4, -0.2) is 13.7 Å². The monoisotopic (exact) mass is 279 g/mol. The van der Waals surface area contributed by atoms with Crippen LogP contribution in [0.2, 0.25) is 0 Å². The standard InChI is InChI=1S/C18H17NO2/c1-19-17(14-7-4-5-12-9-10-20-18(12)14)15-11-21-16-8-3-2-6-13(15)16/h2-8,11,17,19H,9-10H2,1H3. The van der Waals surface area contributed by atoms with Crippen molar-refractivity contribution < 1.29 is 9.15 Å². The third-order valence-electron chi connectivity index (χ3n) is 4.17. The summed E-state index contributed by atoms with van der Waals surface area (Å²) < 4.78 is 11.5. The van der Waals surface area contributed by atoms with Crippen LogP contribution in [0, 0.1) is 0 Å². The van der Waals surface area contributed by atoms with E-state index in [4.69, 9.17) is 9.15 Å². The van der Waals surface area contributed by atoms with Crippen LogP contribution in [0.3, 0.4) is 0 Å². The Labute approximate surface area is 123 Å². The predicted molar refractivity (Wildman–Crippen MR) is 82.8 cm³/mol. The first kappa shape index (κ1) is 12.5. The Balaban J connectivity index is 1.88. The van der Waals surface area contributed by atoms with E-state index in [-0.39, 0.29) is 6.04 Å². The number of nitrogens with one attached hydrogen (secondary N) is 1. The smallest absolute Gasteiger partial charge is 0.134 e. The molecule has 1 N–H and O–H groups in total. The lowest BCUT2D eigenvalue weighted by atomic mass is 9.95. The molecule has 1 aliphatic heterocycles. The molecule has 1 aromatic heterocycles. The fourth-order valence-electron chi connectivity index (χ4n) is 3.17. The van der Waals surface area contributed by atoms with Crippen molar-refractivity contribution in [1.29, 1.82) is 0 Å². The second-order valence-electron chi connectivity index (χ2n) is 5.34. The lowest BCUT2D eigenvalue weighted by molar-refractivity contribution is 0.351. The second kappa shape index (κ2) is 4.93. The molecule has 0 amide bonds. The van der Waals surface area contributed by atoms with E-state index in [1.807, 2.05) is 31.5 Å². The zero-order valence-electron chi connectivity index (χ0n) is 11.9. The fourth-order valence-corrected chi connectivity index (χ4v) is 3.17. The van der Waals surface area contributed by atoms with Gasteiger partial charge in [-0.05, 0) is 18.7 Å². The summed E-state index contributed by atoms with van der Waals surface area (Å²) in [6, 6.07) is 14.6. The lowest BCUT2D eigenvalue weighted by Gasteiger charge is -2.18. The van der Waals surface area contributed by atoms with E-state index in [9.17, 15) is 0 Å². The molecule has 3 heteroatoms. The number of hydrogen-bond donors (Lipinski definition) is 1. The minimum absolute atomic E-state index is 0.0710. The quantitative estimate of drug-likeness (QED) is 0.794. The van der Waals surface area contributed by atoms with Crippen LogP contribution in [-0.2, 0) is 6.42 Å². The van der Waals surface area contributed by atoms with Crippen LogP contribution < -0.4 is 10.1 Å². The first-order chi connectivity index (χ1) is 10.4. The minimum atomic E-state index is 0.0710. The summed E-state index contributed by atoms with van der Waals surface area (Å²) in [5, 5.41) is 4.55. The van der Waals surface area contributed by atoms with Crippen molar-refractivity contribution in [3.8, 4) is 5.75 Å². The molecular formula is C18H17NO2. The van der Waals surface area contributed by atoms with Gasteiger partial charge >= 0.3 is 0 Å². The topological polar surface area (TPSA) is 34.4 Å². The molecule has 0 bridgehead atoms. The number of rotatable bonds is 3. The SMILES string of the molecule is CNC(c1cccc2c1OCC2)c1coc2ccccc12. The summed E-state index contributed by atoms with van der Waals surface area (Å²) in [7, 11) is 1.97. The molecule has 1 unspecified atom stereocenters. The van der Waals surface area contributed by atoms with Crippen molar-refractivity contribution in [1.82, 2.24) is 5.32 Å². The second-order valence-corrected chi connectivity index (χ2v) is 5.34. The van der Waals surface area contributed by atoms with Crippen LogP contribution in [0.5, 0.6) is 5.75 Å². The summed E-state index contributed by atoms with van der Waals surface area (Å²) in [6.07, 6.45) is 2.84. The summed E-state index contributed by atoms with van der Waals surface area (Å²) in [4.78, 5) is 0. The summed E-state index contributed by atoms with van der Waals surface area (Å²) in [5.41, 5.74) is 4.54. The van der Waals surface area contributed by atoms with E-state index in [1.165, 1.54) is 11.1 Å². The van der Waals surface area contributed by atoms with Crippen LogP contribution in [0.15, 0.2) is 53.1 Å². The van der Waals surface area contributed by atoms with E-state index in [2.05, 4.69) is 29.6 Å². The highest BCUT2D eigenvalue weighted by Crippen LogP contribution is 2.38. The van der Waals surface area contributed by atoms with Crippen molar-refractivity contribution in [3.05, 3.63) is 65.4 Å². The van der Waals surface area contributed by atoms with Crippen LogP contribution in [0.4, 0.5) is 0 Å². The number of fused-ring (bicyclic) bond motifs is 2. The molecule has 0 spiro atoms. The molecule has 0 radical (unpaired) electrons. The number of hydrogen-bond acceptors (Lipinski definition) is 3. The predicted octanol–water partition coefficient (Wildman–Crippen LogP) is 3.68. The number of furan rings is 1. The third-order valence-corrected chi connectivity index (χ3v) is 4.17. The van der Waals surface area contributed by atoms with Crippen molar-refractivity contribution in [2.45, 2.75) is 12.5 Å². The molecular weight excluding hydrogens is 262 g/mol. The Bertz CT molecular complexity index is 791. The molecule has 106 valence electrons. The maximum atomic E-state index is 5.85. The third kappa shape index (κ3) is 1.93. The summed E-state index contributed by atoms with van der Waals surface area (Å²) in [6.45, 7) is 0.773. The van der Waals surface area contributed by atoms with Gasteiger partial charge in [-0.25, -0.2) is 0 Å². The summed E-state index contributed by atoms with van der Waals surface area (Å²) >= 11 is 0. The van der Waals surface area contributed by atoms with Gasteiger partial charge in [0.2, 0.25) is 0 Å². The van der Waals surface area contributed by atoms with Crippen molar-refractivity contribution in [3.63, 3.8) is 0 Å². The molecule has 4 rings (SSSR count). The fraction of sp³-hybridized carbons (Fsp3) is 0.222. The molecule has 0 saturated carbocycles. The Morgan fingerprint density at radius 2 is 1.95 bits per heavy atom. The van der Waals surface area contributed by atoms with Crippen LogP contribution in [0.25, 0.3) is 11.0 Å². The first-order valence-electron chi connectivity index (χ1n) is 7.26. The average Bonchev–Trinajstić information content (AvgIpc) is 3.15. The maximum absolute atomic E-state index is 5.85. The molecule has 2 aromatic carbocycles. The van der Waals surface area contributed by atoms with Gasteiger partial charge in [-0.2, -0.15) is 0 Å². The van der Waals surface area contributed by atoms with Gasteiger partial charge in [0.05, 0.1) is 18.9 Å². The minimum Gasteiger partial charge on any atom is -0.493 e. The molecule has 1 atom stereocenters. The van der Waals surface area contributed by atoms with E-state index >= 15 is 0 Å². The zero-order chi connectivity index (χ0) is 14.2. The van der Waals surface area contributed by atoms with Gasteiger partial charge in [0.25, 0.3) is 0 Å². The van der Waals surface area contributed by atoms with Crippen molar-refractivity contribution >= 4 is 11.0 Å². The number of ether oxygens (including phenoxy) is 1. The van der Waals surface area contributed by atoms with Gasteiger partial charge in [0, 0.05) is 22.9 Å². The number of benzene rings is 2. The average molecular weight is 279 g/mol. The Morgan fingerprint density at radius 1 is 1.05 bits per heavy atom. The molecule has 2 heterocycles. The molecule has 0 aliphatic carbocycles. The van der Waals surface area contributed by atoms with Gasteiger partial charge in [-0.15, -0.1) is 0 Å². The largest absolute Gasteiger partial charge is 0.493 e. The van der Waals surface area contributed by atoms with Crippen LogP contribution >= 0.6 is 0 Å². The van der Waals surface area contributed by atoms with Gasteiger partial charge in [0.15, 0.2) is 0 Å². The van der Waals surface area contributed by atoms with Gasteiger partial charge < -0.3 is 14.5 Å². The Morgan fingerprint density at radius 3 is 2.86 bits per heavy atom. The van der Waals surface area contributed by atoms with Crippen molar-refractivity contribution in [2.75, 3.05) is 13.7 Å². The molecule has 3 aromatic rings. The van der Waals surface area contributed by atoms with E-state index in [1.54, 1.807) is 0 Å². The van der Waals surface area contributed by atoms with E-state index in [0.717, 1.165) is 35.3 Å². The Hall–Kier alpha value is -2.26. The first-order valence-corrected chi connectivity index (χ1v) is 7.26. The molecule has 21 heavy (non-hydrogen) atoms. The molecule has 0 saturated heterocycles. The Kier molecular flexibility index (Phi) is 2.93. The molecule has 0 fully saturated rings. The van der Waals surface area contributed by atoms with Gasteiger partial charge in [0.1, 0.15) is 11.3 Å². The van der Waals surface area contributed by atoms with Crippen molar-refractivity contribution in [2.24, 2.45) is 0 Å². The lowest BCUT2D eigenvalue weighted by Crippen LogP contribution is -2.18. The van der Waals surface area contributed by atoms with E-state index in [0.29, 0.717) is 0 Å². The normalized spacial score (nSPS) is 14.9. The molecule has 3 nitrogen and oxygen atoms in total. The highest BCUT2D eigenvalue weighted by Gasteiger charge is 2.24. The van der Waals surface area contributed by atoms with Crippen LogP contribution in [0.1, 0.15) is 22.7 Å². The highest BCUT2D eigenvalue weighted by atomic mass is 16.5. The van der Waals surface area contributed by atoms with Gasteiger partial charge in [-0.1, -0.05) is 36.4 Å². The van der Waals surface area contributed by atoms with Gasteiger partial charge in [-0.3, -0.25) is 0 Å². The number of para-hydroxylation sites is 2. The maximum Gasteiger partial charge on any atom is 0.134 e. The highest BCUT2D eigenvalue weighted by molar-refractivity contribution is 5.82. The molecule has 1 aliphatic rings. The summed E-state index contributed by atoms with van der Waals surface area (Å²) in [5.74, 6) is 1.03.